The Bertz CT molecular complexity index is 499. The average Bonchev–Trinajstić information content (AvgIpc) is 2.45. The number of aliphatic hydroxyl groups is 2. The molecule has 128 valence electrons. The van der Waals surface area contributed by atoms with Crippen LogP contribution in [0.5, 0.6) is 0 Å². The molecule has 1 aliphatic carbocycles. The Hall–Kier alpha value is -1.39. The highest BCUT2D eigenvalue weighted by Crippen LogP contribution is 2.25. The van der Waals surface area contributed by atoms with Gasteiger partial charge in [0.2, 0.25) is 0 Å². The molecule has 23 heavy (non-hydrogen) atoms. The zero-order chi connectivity index (χ0) is 17.0. The molecule has 0 bridgehead atoms. The molecule has 0 heterocycles. The molecule has 0 amide bonds. The SMILES string of the molecule is CC(C)Cc1ccc(C(C)C(=O)O[C@@H]2C[C@H](O)C[C@H](O)C2)cc1. The molecule has 0 aromatic heterocycles. The van der Waals surface area contributed by atoms with E-state index in [9.17, 15) is 15.0 Å². The number of rotatable bonds is 5. The molecule has 4 heteroatoms. The minimum atomic E-state index is -0.595. The van der Waals surface area contributed by atoms with Crippen LogP contribution in [0, 0.1) is 5.92 Å². The van der Waals surface area contributed by atoms with Crippen molar-refractivity contribution in [2.75, 3.05) is 0 Å². The summed E-state index contributed by atoms with van der Waals surface area (Å²) >= 11 is 0. The predicted octanol–water partition coefficient (Wildman–Crippen LogP) is 2.81. The molecule has 4 atom stereocenters. The maximum atomic E-state index is 12.3. The fourth-order valence-electron chi connectivity index (χ4n) is 3.12. The monoisotopic (exact) mass is 320 g/mol. The van der Waals surface area contributed by atoms with Crippen molar-refractivity contribution in [1.82, 2.24) is 0 Å². The topological polar surface area (TPSA) is 66.8 Å². The second-order valence-corrected chi connectivity index (χ2v) is 7.13. The molecule has 1 aromatic carbocycles. The van der Waals surface area contributed by atoms with Crippen LogP contribution >= 0.6 is 0 Å². The van der Waals surface area contributed by atoms with Crippen molar-refractivity contribution in [1.29, 1.82) is 0 Å². The summed E-state index contributed by atoms with van der Waals surface area (Å²) in [6.07, 6.45) is 0.608. The van der Waals surface area contributed by atoms with Gasteiger partial charge in [0, 0.05) is 12.8 Å². The third-order valence-corrected chi connectivity index (χ3v) is 4.37. The standard InChI is InChI=1S/C19H28O4/c1-12(2)8-14-4-6-15(7-5-14)13(3)19(22)23-18-10-16(20)9-17(21)11-18/h4-7,12-13,16-18,20-21H,8-11H2,1-3H3/t13?,16-,17+,18-. The number of esters is 1. The van der Waals surface area contributed by atoms with Crippen LogP contribution in [0.25, 0.3) is 0 Å². The summed E-state index contributed by atoms with van der Waals surface area (Å²) in [7, 11) is 0. The van der Waals surface area contributed by atoms with Gasteiger partial charge in [-0.15, -0.1) is 0 Å². The van der Waals surface area contributed by atoms with Gasteiger partial charge in [0.25, 0.3) is 0 Å². The Morgan fingerprint density at radius 2 is 1.65 bits per heavy atom. The molecule has 4 nitrogen and oxygen atoms in total. The van der Waals surface area contributed by atoms with Crippen LogP contribution in [0.15, 0.2) is 24.3 Å². The largest absolute Gasteiger partial charge is 0.462 e. The fourth-order valence-corrected chi connectivity index (χ4v) is 3.12. The summed E-state index contributed by atoms with van der Waals surface area (Å²) in [5.74, 6) is -0.0420. The Kier molecular flexibility index (Phi) is 6.19. The first kappa shape index (κ1) is 18.0. The van der Waals surface area contributed by atoms with Gasteiger partial charge < -0.3 is 14.9 Å². The van der Waals surface area contributed by atoms with E-state index >= 15 is 0 Å². The zero-order valence-electron chi connectivity index (χ0n) is 14.2. The zero-order valence-corrected chi connectivity index (χ0v) is 14.2. The molecule has 1 fully saturated rings. The van der Waals surface area contributed by atoms with Gasteiger partial charge in [-0.3, -0.25) is 4.79 Å². The van der Waals surface area contributed by atoms with E-state index in [1.54, 1.807) is 0 Å². The molecular weight excluding hydrogens is 292 g/mol. The summed E-state index contributed by atoms with van der Waals surface area (Å²) in [6, 6.07) is 8.09. The predicted molar refractivity (Wildman–Crippen MR) is 89.1 cm³/mol. The van der Waals surface area contributed by atoms with E-state index < -0.39 is 18.3 Å². The highest BCUT2D eigenvalue weighted by atomic mass is 16.5. The van der Waals surface area contributed by atoms with Crippen LogP contribution in [0.3, 0.4) is 0 Å². The Labute approximate surface area is 138 Å². The van der Waals surface area contributed by atoms with Gasteiger partial charge >= 0.3 is 5.97 Å². The van der Waals surface area contributed by atoms with Gasteiger partial charge in [-0.2, -0.15) is 0 Å². The number of carbonyl (C=O) groups excluding carboxylic acids is 1. The maximum Gasteiger partial charge on any atom is 0.313 e. The number of carbonyl (C=O) groups is 1. The lowest BCUT2D eigenvalue weighted by molar-refractivity contribution is -0.156. The average molecular weight is 320 g/mol. The summed E-state index contributed by atoms with van der Waals surface area (Å²) in [5.41, 5.74) is 2.20. The Morgan fingerprint density at radius 1 is 1.09 bits per heavy atom. The number of benzene rings is 1. The first-order chi connectivity index (χ1) is 10.8. The molecule has 0 spiro atoms. The van der Waals surface area contributed by atoms with E-state index in [0.717, 1.165) is 12.0 Å². The van der Waals surface area contributed by atoms with Crippen LogP contribution < -0.4 is 0 Å². The van der Waals surface area contributed by atoms with E-state index in [2.05, 4.69) is 26.0 Å². The minimum absolute atomic E-state index is 0.298. The van der Waals surface area contributed by atoms with Crippen LogP contribution in [0.1, 0.15) is 57.1 Å². The number of hydrogen-bond acceptors (Lipinski definition) is 4. The van der Waals surface area contributed by atoms with E-state index in [-0.39, 0.29) is 11.9 Å². The lowest BCUT2D eigenvalue weighted by atomic mass is 9.92. The van der Waals surface area contributed by atoms with Gasteiger partial charge in [-0.05, 0) is 36.8 Å². The molecule has 1 saturated carbocycles. The van der Waals surface area contributed by atoms with E-state index in [4.69, 9.17) is 4.74 Å². The molecular formula is C19H28O4. The summed E-state index contributed by atoms with van der Waals surface area (Å²) in [6.45, 7) is 6.19. The van der Waals surface area contributed by atoms with E-state index in [0.29, 0.717) is 25.2 Å². The number of hydrogen-bond donors (Lipinski definition) is 2. The maximum absolute atomic E-state index is 12.3. The molecule has 0 aliphatic heterocycles. The fraction of sp³-hybridized carbons (Fsp3) is 0.632. The van der Waals surface area contributed by atoms with E-state index in [1.807, 2.05) is 19.1 Å². The highest BCUT2D eigenvalue weighted by Gasteiger charge is 2.30. The van der Waals surface area contributed by atoms with Crippen molar-refractivity contribution in [3.63, 3.8) is 0 Å². The Morgan fingerprint density at radius 3 is 2.17 bits per heavy atom. The summed E-state index contributed by atoms with van der Waals surface area (Å²) < 4.78 is 5.48. The van der Waals surface area contributed by atoms with Crippen molar-refractivity contribution in [2.45, 2.75) is 70.7 Å². The first-order valence-electron chi connectivity index (χ1n) is 8.50. The van der Waals surface area contributed by atoms with Crippen molar-refractivity contribution in [3.8, 4) is 0 Å². The lowest BCUT2D eigenvalue weighted by Gasteiger charge is -2.30. The van der Waals surface area contributed by atoms with Gasteiger partial charge in [0.1, 0.15) is 6.10 Å². The van der Waals surface area contributed by atoms with Crippen LogP contribution in [0.4, 0.5) is 0 Å². The second-order valence-electron chi connectivity index (χ2n) is 7.13. The normalized spacial score (nSPS) is 26.1. The molecule has 2 rings (SSSR count). The third kappa shape index (κ3) is 5.33. The quantitative estimate of drug-likeness (QED) is 0.819. The van der Waals surface area contributed by atoms with Gasteiger partial charge in [0.05, 0.1) is 18.1 Å². The van der Waals surface area contributed by atoms with Crippen LogP contribution in [-0.2, 0) is 16.0 Å². The lowest BCUT2D eigenvalue weighted by Crippen LogP contribution is -2.36. The van der Waals surface area contributed by atoms with E-state index in [1.165, 1.54) is 5.56 Å². The molecule has 0 radical (unpaired) electrons. The van der Waals surface area contributed by atoms with Crippen molar-refractivity contribution < 1.29 is 19.7 Å². The Balaban J connectivity index is 1.93. The second kappa shape index (κ2) is 7.93. The highest BCUT2D eigenvalue weighted by molar-refractivity contribution is 5.77. The first-order valence-corrected chi connectivity index (χ1v) is 8.50. The van der Waals surface area contributed by atoms with Crippen molar-refractivity contribution >= 4 is 5.97 Å². The van der Waals surface area contributed by atoms with Crippen molar-refractivity contribution in [3.05, 3.63) is 35.4 Å². The molecule has 1 unspecified atom stereocenters. The molecule has 2 N–H and O–H groups in total. The minimum Gasteiger partial charge on any atom is -0.462 e. The van der Waals surface area contributed by atoms with Gasteiger partial charge in [-0.25, -0.2) is 0 Å². The summed E-state index contributed by atoms with van der Waals surface area (Å²) in [4.78, 5) is 12.3. The summed E-state index contributed by atoms with van der Waals surface area (Å²) in [5, 5.41) is 19.3. The molecule has 0 saturated heterocycles. The molecule has 1 aliphatic rings. The van der Waals surface area contributed by atoms with Crippen LogP contribution in [0.2, 0.25) is 0 Å². The smallest absolute Gasteiger partial charge is 0.313 e. The molecule has 1 aromatic rings. The van der Waals surface area contributed by atoms with Gasteiger partial charge in [-0.1, -0.05) is 38.1 Å². The third-order valence-electron chi connectivity index (χ3n) is 4.37. The number of aliphatic hydroxyl groups excluding tert-OH is 2. The van der Waals surface area contributed by atoms with Crippen molar-refractivity contribution in [2.24, 2.45) is 5.92 Å². The van der Waals surface area contributed by atoms with Gasteiger partial charge in [0.15, 0.2) is 0 Å². The van der Waals surface area contributed by atoms with Crippen LogP contribution in [-0.4, -0.2) is 34.5 Å². The number of ether oxygens (including phenoxy) is 1.